The van der Waals surface area contributed by atoms with E-state index >= 15 is 0 Å². The number of aliphatic hydroxyl groups is 1. The zero-order valence-electron chi connectivity index (χ0n) is 14.8. The predicted molar refractivity (Wildman–Crippen MR) is 98.4 cm³/mol. The Morgan fingerprint density at radius 2 is 1.82 bits per heavy atom. The molecule has 0 radical (unpaired) electrons. The molecule has 22 heavy (non-hydrogen) atoms. The van der Waals surface area contributed by atoms with Crippen LogP contribution in [0.25, 0.3) is 0 Å². The van der Waals surface area contributed by atoms with E-state index in [2.05, 4.69) is 17.9 Å². The summed E-state index contributed by atoms with van der Waals surface area (Å²) >= 11 is 4.34. The molecule has 1 aromatic rings. The van der Waals surface area contributed by atoms with Crippen LogP contribution in [0, 0.1) is 13.8 Å². The average Bonchev–Trinajstić information content (AvgIpc) is 2.56. The van der Waals surface area contributed by atoms with Gasteiger partial charge in [0.1, 0.15) is 5.75 Å². The Hall–Kier alpha value is -0.710. The fourth-order valence-corrected chi connectivity index (χ4v) is 2.49. The first-order valence-electron chi connectivity index (χ1n) is 8.27. The molecule has 1 aliphatic heterocycles. The number of nitrogens with one attached hydrogen (secondary N) is 1. The van der Waals surface area contributed by atoms with E-state index in [0.29, 0.717) is 12.6 Å². The molecule has 1 atom stereocenters. The van der Waals surface area contributed by atoms with Crippen molar-refractivity contribution in [1.82, 2.24) is 5.32 Å². The summed E-state index contributed by atoms with van der Waals surface area (Å²) in [7, 11) is 1.67. The van der Waals surface area contributed by atoms with E-state index in [1.54, 1.807) is 7.11 Å². The Morgan fingerprint density at radius 3 is 2.23 bits per heavy atom. The van der Waals surface area contributed by atoms with Crippen LogP contribution in [0.5, 0.6) is 5.75 Å². The number of benzene rings is 1. The van der Waals surface area contributed by atoms with Gasteiger partial charge in [-0.05, 0) is 62.9 Å². The Kier molecular flexibility index (Phi) is 12.4. The van der Waals surface area contributed by atoms with Crippen LogP contribution in [0.2, 0.25) is 0 Å². The van der Waals surface area contributed by atoms with Gasteiger partial charge in [0, 0.05) is 17.5 Å². The largest absolute Gasteiger partial charge is 0.497 e. The zero-order valence-corrected chi connectivity index (χ0v) is 15.7. The van der Waals surface area contributed by atoms with Crippen molar-refractivity contribution in [3.8, 4) is 5.75 Å². The van der Waals surface area contributed by atoms with Gasteiger partial charge in [-0.15, -0.1) is 12.6 Å². The van der Waals surface area contributed by atoms with E-state index in [0.717, 1.165) is 34.7 Å². The van der Waals surface area contributed by atoms with Crippen LogP contribution in [0.4, 0.5) is 0 Å². The summed E-state index contributed by atoms with van der Waals surface area (Å²) in [6, 6.07) is 4.56. The fourth-order valence-electron chi connectivity index (χ4n) is 2.36. The number of ether oxygens (including phenoxy) is 1. The molecule has 0 spiro atoms. The van der Waals surface area contributed by atoms with Gasteiger partial charge in [0.2, 0.25) is 0 Å². The van der Waals surface area contributed by atoms with Gasteiger partial charge in [-0.3, -0.25) is 0 Å². The monoisotopic (exact) mass is 327 g/mol. The minimum atomic E-state index is 0.331. The lowest BCUT2D eigenvalue weighted by atomic mass is 10.0. The van der Waals surface area contributed by atoms with Crippen LogP contribution in [0.1, 0.15) is 50.7 Å². The first-order chi connectivity index (χ1) is 10.6. The highest BCUT2D eigenvalue weighted by atomic mass is 32.1. The molecule has 1 saturated heterocycles. The second-order valence-corrected chi connectivity index (χ2v) is 5.72. The van der Waals surface area contributed by atoms with Gasteiger partial charge in [-0.1, -0.05) is 20.3 Å². The molecule has 128 valence electrons. The molecule has 0 amide bonds. The molecule has 0 aromatic heterocycles. The number of rotatable bonds is 3. The van der Waals surface area contributed by atoms with Crippen LogP contribution in [0.15, 0.2) is 17.0 Å². The van der Waals surface area contributed by atoms with Crippen molar-refractivity contribution >= 4 is 12.6 Å². The van der Waals surface area contributed by atoms with Crippen molar-refractivity contribution < 1.29 is 9.84 Å². The lowest BCUT2D eigenvalue weighted by Gasteiger charge is -2.22. The number of hydrogen-bond donors (Lipinski definition) is 3. The normalized spacial score (nSPS) is 16.8. The minimum Gasteiger partial charge on any atom is -0.497 e. The average molecular weight is 328 g/mol. The molecular weight excluding hydrogens is 294 g/mol. The van der Waals surface area contributed by atoms with Crippen LogP contribution in [0.3, 0.4) is 0 Å². The summed E-state index contributed by atoms with van der Waals surface area (Å²) in [5, 5.41) is 11.9. The standard InChI is InChI=1S/C9H12OS.C7H15NO.C2H6/c1-6-4-8(10-3)5-7(2)9(6)11;9-6-4-7-3-1-2-5-8-7;1-2/h4-5,11H,1-3H3;7-9H,1-6H2;1-2H3. The van der Waals surface area contributed by atoms with Gasteiger partial charge in [-0.25, -0.2) is 0 Å². The van der Waals surface area contributed by atoms with Crippen LogP contribution >= 0.6 is 12.6 Å². The number of methoxy groups -OCH3 is 1. The molecule has 0 bridgehead atoms. The predicted octanol–water partition coefficient (Wildman–Crippen LogP) is 4.14. The van der Waals surface area contributed by atoms with Crippen molar-refractivity contribution in [3.05, 3.63) is 23.3 Å². The molecule has 2 rings (SSSR count). The third-order valence-electron chi connectivity index (χ3n) is 3.59. The number of piperidine rings is 1. The molecule has 2 N–H and O–H groups in total. The van der Waals surface area contributed by atoms with Crippen molar-refractivity contribution in [2.24, 2.45) is 0 Å². The minimum absolute atomic E-state index is 0.331. The molecule has 1 aromatic carbocycles. The molecular formula is C18H33NO2S. The Bertz CT molecular complexity index is 378. The molecule has 0 aliphatic carbocycles. The van der Waals surface area contributed by atoms with E-state index in [9.17, 15) is 0 Å². The van der Waals surface area contributed by atoms with E-state index < -0.39 is 0 Å². The van der Waals surface area contributed by atoms with E-state index in [1.165, 1.54) is 19.3 Å². The van der Waals surface area contributed by atoms with Crippen LogP contribution in [-0.4, -0.2) is 31.4 Å². The Morgan fingerprint density at radius 1 is 1.23 bits per heavy atom. The second kappa shape index (κ2) is 12.8. The molecule has 4 heteroatoms. The Labute approximate surface area is 141 Å². The van der Waals surface area contributed by atoms with E-state index in [1.807, 2.05) is 39.8 Å². The topological polar surface area (TPSA) is 41.5 Å². The smallest absolute Gasteiger partial charge is 0.119 e. The lowest BCUT2D eigenvalue weighted by Crippen LogP contribution is -2.34. The molecule has 1 fully saturated rings. The molecule has 0 saturated carbocycles. The maximum Gasteiger partial charge on any atom is 0.119 e. The van der Waals surface area contributed by atoms with Gasteiger partial charge in [-0.2, -0.15) is 0 Å². The van der Waals surface area contributed by atoms with Crippen LogP contribution in [-0.2, 0) is 0 Å². The number of aryl methyl sites for hydroxylation is 2. The Balaban J connectivity index is 0.000000366. The highest BCUT2D eigenvalue weighted by molar-refractivity contribution is 7.80. The maximum absolute atomic E-state index is 8.58. The molecule has 1 unspecified atom stereocenters. The van der Waals surface area contributed by atoms with Crippen molar-refractivity contribution in [3.63, 3.8) is 0 Å². The molecule has 1 heterocycles. The highest BCUT2D eigenvalue weighted by Gasteiger charge is 2.10. The highest BCUT2D eigenvalue weighted by Crippen LogP contribution is 2.23. The van der Waals surface area contributed by atoms with Gasteiger partial charge in [0.05, 0.1) is 7.11 Å². The van der Waals surface area contributed by atoms with E-state index in [4.69, 9.17) is 9.84 Å². The summed E-state index contributed by atoms with van der Waals surface area (Å²) in [4.78, 5) is 1.05. The van der Waals surface area contributed by atoms with Gasteiger partial charge >= 0.3 is 0 Å². The summed E-state index contributed by atoms with van der Waals surface area (Å²) in [6.07, 6.45) is 4.82. The van der Waals surface area contributed by atoms with Gasteiger partial charge in [0.15, 0.2) is 0 Å². The number of aliphatic hydroxyl groups excluding tert-OH is 1. The molecule has 1 aliphatic rings. The third-order valence-corrected chi connectivity index (χ3v) is 4.30. The van der Waals surface area contributed by atoms with E-state index in [-0.39, 0.29) is 0 Å². The summed E-state index contributed by atoms with van der Waals surface area (Å²) in [5.74, 6) is 0.901. The second-order valence-electron chi connectivity index (χ2n) is 5.27. The number of thiol groups is 1. The van der Waals surface area contributed by atoms with Crippen molar-refractivity contribution in [2.45, 2.75) is 64.3 Å². The van der Waals surface area contributed by atoms with Gasteiger partial charge in [0.25, 0.3) is 0 Å². The lowest BCUT2D eigenvalue weighted by molar-refractivity contribution is 0.250. The van der Waals surface area contributed by atoms with Crippen molar-refractivity contribution in [2.75, 3.05) is 20.3 Å². The first-order valence-corrected chi connectivity index (χ1v) is 8.71. The third kappa shape index (κ3) is 8.06. The SMILES string of the molecule is CC.COc1cc(C)c(S)c(C)c1.OCCC1CCCCN1. The summed E-state index contributed by atoms with van der Waals surface area (Å²) in [6.45, 7) is 9.53. The number of hydrogen-bond acceptors (Lipinski definition) is 4. The van der Waals surface area contributed by atoms with Crippen molar-refractivity contribution in [1.29, 1.82) is 0 Å². The first kappa shape index (κ1) is 21.3. The maximum atomic E-state index is 8.58. The molecule has 3 nitrogen and oxygen atoms in total. The zero-order chi connectivity index (χ0) is 17.0. The summed E-state index contributed by atoms with van der Waals surface area (Å²) < 4.78 is 5.10. The summed E-state index contributed by atoms with van der Waals surface area (Å²) in [5.41, 5.74) is 2.32. The van der Waals surface area contributed by atoms with Crippen LogP contribution < -0.4 is 10.1 Å². The quantitative estimate of drug-likeness (QED) is 0.731. The fraction of sp³-hybridized carbons (Fsp3) is 0.667. The van der Waals surface area contributed by atoms with Gasteiger partial charge < -0.3 is 15.2 Å².